The zero-order valence-corrected chi connectivity index (χ0v) is 12.8. The molecule has 1 aliphatic rings. The Bertz CT molecular complexity index is 500. The molecule has 2 N–H and O–H groups in total. The van der Waals surface area contributed by atoms with E-state index in [-0.39, 0.29) is 24.9 Å². The molecule has 0 atom stereocenters. The Morgan fingerprint density at radius 3 is 2.43 bits per heavy atom. The standard InChI is InChI=1S/C15H20ClN3O2/c1-19(10-15(21)18-13-6-7-13)9-14(20)17-8-11-2-4-12(16)5-3-11/h2-5,13H,6-10H2,1H3,(H,17,20)(H,18,21). The molecule has 1 aromatic rings. The van der Waals surface area contributed by atoms with Gasteiger partial charge in [-0.2, -0.15) is 0 Å². The van der Waals surface area contributed by atoms with Gasteiger partial charge < -0.3 is 10.6 Å². The molecule has 2 amide bonds. The van der Waals surface area contributed by atoms with Crippen molar-refractivity contribution in [3.8, 4) is 0 Å². The molecule has 2 rings (SSSR count). The summed E-state index contributed by atoms with van der Waals surface area (Å²) in [6, 6.07) is 7.67. The van der Waals surface area contributed by atoms with E-state index in [2.05, 4.69) is 10.6 Å². The Balaban J connectivity index is 1.65. The number of carbonyl (C=O) groups is 2. The molecule has 1 fully saturated rings. The molecule has 21 heavy (non-hydrogen) atoms. The first-order valence-corrected chi connectivity index (χ1v) is 7.40. The first-order chi connectivity index (χ1) is 10.0. The Morgan fingerprint density at radius 1 is 1.19 bits per heavy atom. The van der Waals surface area contributed by atoms with E-state index in [1.807, 2.05) is 12.1 Å². The van der Waals surface area contributed by atoms with Crippen LogP contribution >= 0.6 is 11.6 Å². The minimum atomic E-state index is -0.105. The average Bonchev–Trinajstić information content (AvgIpc) is 3.21. The summed E-state index contributed by atoms with van der Waals surface area (Å²) in [7, 11) is 1.76. The Kier molecular flexibility index (Phi) is 5.59. The van der Waals surface area contributed by atoms with Crippen LogP contribution in [0, 0.1) is 0 Å². The van der Waals surface area contributed by atoms with E-state index in [4.69, 9.17) is 11.6 Å². The first kappa shape index (κ1) is 15.8. The second-order valence-electron chi connectivity index (χ2n) is 5.42. The van der Waals surface area contributed by atoms with Crippen molar-refractivity contribution in [1.29, 1.82) is 0 Å². The summed E-state index contributed by atoms with van der Waals surface area (Å²) in [4.78, 5) is 25.1. The Morgan fingerprint density at radius 2 is 1.81 bits per heavy atom. The number of carbonyl (C=O) groups excluding carboxylic acids is 2. The number of nitrogens with zero attached hydrogens (tertiary/aromatic N) is 1. The van der Waals surface area contributed by atoms with Crippen molar-refractivity contribution < 1.29 is 9.59 Å². The summed E-state index contributed by atoms with van der Waals surface area (Å²) in [5.41, 5.74) is 0.988. The summed E-state index contributed by atoms with van der Waals surface area (Å²) >= 11 is 5.80. The van der Waals surface area contributed by atoms with Crippen molar-refractivity contribution in [3.63, 3.8) is 0 Å². The number of hydrogen-bond acceptors (Lipinski definition) is 3. The monoisotopic (exact) mass is 309 g/mol. The molecular weight excluding hydrogens is 290 g/mol. The van der Waals surface area contributed by atoms with E-state index in [0.29, 0.717) is 17.6 Å². The van der Waals surface area contributed by atoms with Crippen LogP contribution in [-0.4, -0.2) is 42.9 Å². The van der Waals surface area contributed by atoms with Gasteiger partial charge in [-0.1, -0.05) is 23.7 Å². The van der Waals surface area contributed by atoms with Crippen LogP contribution in [0.5, 0.6) is 0 Å². The molecule has 0 heterocycles. The summed E-state index contributed by atoms with van der Waals surface area (Å²) in [6.45, 7) is 0.897. The third-order valence-corrected chi connectivity index (χ3v) is 3.42. The quantitative estimate of drug-likeness (QED) is 0.795. The lowest BCUT2D eigenvalue weighted by atomic mass is 10.2. The third-order valence-electron chi connectivity index (χ3n) is 3.17. The molecule has 0 spiro atoms. The second-order valence-corrected chi connectivity index (χ2v) is 5.85. The average molecular weight is 310 g/mol. The highest BCUT2D eigenvalue weighted by molar-refractivity contribution is 6.30. The first-order valence-electron chi connectivity index (χ1n) is 7.02. The predicted molar refractivity (Wildman–Crippen MR) is 82.0 cm³/mol. The summed E-state index contributed by atoms with van der Waals surface area (Å²) in [5, 5.41) is 6.39. The molecule has 0 bridgehead atoms. The van der Waals surface area contributed by atoms with Crippen LogP contribution in [-0.2, 0) is 16.1 Å². The SMILES string of the molecule is CN(CC(=O)NCc1ccc(Cl)cc1)CC(=O)NC1CC1. The van der Waals surface area contributed by atoms with Crippen molar-refractivity contribution >= 4 is 23.4 Å². The van der Waals surface area contributed by atoms with Gasteiger partial charge in [0.15, 0.2) is 0 Å². The van der Waals surface area contributed by atoms with Crippen LogP contribution in [0.3, 0.4) is 0 Å². The number of halogens is 1. The summed E-state index contributed by atoms with van der Waals surface area (Å²) < 4.78 is 0. The van der Waals surface area contributed by atoms with E-state index in [0.717, 1.165) is 18.4 Å². The van der Waals surface area contributed by atoms with E-state index in [1.54, 1.807) is 24.1 Å². The summed E-state index contributed by atoms with van der Waals surface area (Å²) in [6.07, 6.45) is 2.13. The number of rotatable bonds is 7. The molecule has 5 nitrogen and oxygen atoms in total. The lowest BCUT2D eigenvalue weighted by Crippen LogP contribution is -2.41. The Labute approximate surface area is 129 Å². The topological polar surface area (TPSA) is 61.4 Å². The number of amides is 2. The lowest BCUT2D eigenvalue weighted by Gasteiger charge is -2.15. The Hall–Kier alpha value is -1.59. The molecule has 1 aliphatic carbocycles. The van der Waals surface area contributed by atoms with E-state index in [1.165, 1.54) is 0 Å². The van der Waals surface area contributed by atoms with Gasteiger partial charge in [-0.3, -0.25) is 14.5 Å². The van der Waals surface area contributed by atoms with Crippen LogP contribution in [0.15, 0.2) is 24.3 Å². The van der Waals surface area contributed by atoms with Crippen molar-refractivity contribution in [2.45, 2.75) is 25.4 Å². The molecule has 0 aliphatic heterocycles. The molecule has 0 radical (unpaired) electrons. The van der Waals surface area contributed by atoms with Gasteiger partial charge >= 0.3 is 0 Å². The van der Waals surface area contributed by atoms with E-state index in [9.17, 15) is 9.59 Å². The number of likely N-dealkylation sites (N-methyl/N-ethyl adjacent to an activating group) is 1. The van der Waals surface area contributed by atoms with Gasteiger partial charge in [0.1, 0.15) is 0 Å². The maximum absolute atomic E-state index is 11.8. The highest BCUT2D eigenvalue weighted by atomic mass is 35.5. The normalized spacial score (nSPS) is 14.0. The van der Waals surface area contributed by atoms with Crippen molar-refractivity contribution in [3.05, 3.63) is 34.9 Å². The maximum atomic E-state index is 11.8. The van der Waals surface area contributed by atoms with Crippen LogP contribution in [0.1, 0.15) is 18.4 Å². The van der Waals surface area contributed by atoms with Crippen LogP contribution in [0.2, 0.25) is 5.02 Å². The van der Waals surface area contributed by atoms with Gasteiger partial charge in [0.05, 0.1) is 13.1 Å². The smallest absolute Gasteiger partial charge is 0.234 e. The zero-order valence-electron chi connectivity index (χ0n) is 12.1. The van der Waals surface area contributed by atoms with Crippen molar-refractivity contribution in [2.24, 2.45) is 0 Å². The minimum Gasteiger partial charge on any atom is -0.352 e. The van der Waals surface area contributed by atoms with Crippen LogP contribution in [0.4, 0.5) is 0 Å². The number of hydrogen-bond donors (Lipinski definition) is 2. The fourth-order valence-electron chi connectivity index (χ4n) is 1.91. The highest BCUT2D eigenvalue weighted by Gasteiger charge is 2.23. The maximum Gasteiger partial charge on any atom is 0.234 e. The fraction of sp³-hybridized carbons (Fsp3) is 0.467. The molecule has 1 saturated carbocycles. The molecule has 6 heteroatoms. The molecule has 114 valence electrons. The molecule has 1 aromatic carbocycles. The number of benzene rings is 1. The minimum absolute atomic E-state index is 0.0227. The third kappa shape index (κ3) is 6.14. The number of nitrogens with one attached hydrogen (secondary N) is 2. The molecule has 0 saturated heterocycles. The van der Waals surface area contributed by atoms with Crippen LogP contribution < -0.4 is 10.6 Å². The zero-order chi connectivity index (χ0) is 15.2. The lowest BCUT2D eigenvalue weighted by molar-refractivity contribution is -0.124. The van der Waals surface area contributed by atoms with E-state index >= 15 is 0 Å². The van der Waals surface area contributed by atoms with Gasteiger partial charge in [0.25, 0.3) is 0 Å². The molecule has 0 aromatic heterocycles. The van der Waals surface area contributed by atoms with Crippen LogP contribution in [0.25, 0.3) is 0 Å². The van der Waals surface area contributed by atoms with Gasteiger partial charge in [-0.05, 0) is 37.6 Å². The molecule has 0 unspecified atom stereocenters. The van der Waals surface area contributed by atoms with Gasteiger partial charge in [-0.15, -0.1) is 0 Å². The largest absolute Gasteiger partial charge is 0.352 e. The van der Waals surface area contributed by atoms with Gasteiger partial charge in [-0.25, -0.2) is 0 Å². The molecular formula is C15H20ClN3O2. The van der Waals surface area contributed by atoms with Gasteiger partial charge in [0, 0.05) is 17.6 Å². The van der Waals surface area contributed by atoms with Crippen molar-refractivity contribution in [1.82, 2.24) is 15.5 Å². The second kappa shape index (κ2) is 7.43. The highest BCUT2D eigenvalue weighted by Crippen LogP contribution is 2.18. The van der Waals surface area contributed by atoms with E-state index < -0.39 is 0 Å². The summed E-state index contributed by atoms with van der Waals surface area (Å²) in [5.74, 6) is -0.128. The van der Waals surface area contributed by atoms with Crippen molar-refractivity contribution in [2.75, 3.05) is 20.1 Å². The van der Waals surface area contributed by atoms with Gasteiger partial charge in [0.2, 0.25) is 11.8 Å². The predicted octanol–water partition coefficient (Wildman–Crippen LogP) is 1.17. The fourth-order valence-corrected chi connectivity index (χ4v) is 2.03.